The normalized spacial score (nSPS) is 36.9. The Morgan fingerprint density at radius 1 is 1.64 bits per heavy atom. The highest BCUT2D eigenvalue weighted by Crippen LogP contribution is 2.51. The number of hydrogen-bond donors (Lipinski definition) is 2. The second-order valence-corrected chi connectivity index (χ2v) is 2.64. The maximum Gasteiger partial charge on any atom is 0.394 e. The molecule has 11 heavy (non-hydrogen) atoms. The van der Waals surface area contributed by atoms with Gasteiger partial charge in [-0.05, 0) is 6.42 Å². The number of halogens is 3. The summed E-state index contributed by atoms with van der Waals surface area (Å²) in [5, 5.41) is 8.22. The van der Waals surface area contributed by atoms with Crippen LogP contribution in [0.5, 0.6) is 0 Å². The molecule has 0 saturated heterocycles. The Balaban J connectivity index is 2.68. The van der Waals surface area contributed by atoms with E-state index in [1.165, 1.54) is 0 Å². The van der Waals surface area contributed by atoms with Gasteiger partial charge in [0.2, 0.25) is 0 Å². The van der Waals surface area contributed by atoms with Gasteiger partial charge in [-0.25, -0.2) is 0 Å². The number of carbonyl (C=O) groups is 1. The van der Waals surface area contributed by atoms with E-state index in [0.29, 0.717) is 0 Å². The van der Waals surface area contributed by atoms with Crippen LogP contribution in [0.1, 0.15) is 6.42 Å². The molecule has 2 atom stereocenters. The molecule has 1 aliphatic carbocycles. The largest absolute Gasteiger partial charge is 0.480 e. The van der Waals surface area contributed by atoms with Gasteiger partial charge in [0.25, 0.3) is 0 Å². The minimum absolute atomic E-state index is 0.508. The average molecular weight is 169 g/mol. The zero-order valence-electron chi connectivity index (χ0n) is 5.35. The third kappa shape index (κ3) is 1.18. The van der Waals surface area contributed by atoms with E-state index in [0.717, 1.165) is 0 Å². The molecule has 0 unspecified atom stereocenters. The summed E-state index contributed by atoms with van der Waals surface area (Å²) < 4.78 is 35.3. The molecule has 64 valence electrons. The van der Waals surface area contributed by atoms with Crippen molar-refractivity contribution in [2.24, 2.45) is 11.7 Å². The molecule has 0 aromatic carbocycles. The zero-order valence-corrected chi connectivity index (χ0v) is 5.35. The van der Waals surface area contributed by atoms with E-state index in [9.17, 15) is 18.0 Å². The third-order valence-electron chi connectivity index (χ3n) is 1.80. The van der Waals surface area contributed by atoms with E-state index in [2.05, 4.69) is 0 Å². The number of hydrogen-bond acceptors (Lipinski definition) is 2. The van der Waals surface area contributed by atoms with Crippen LogP contribution in [0.3, 0.4) is 0 Å². The Hall–Kier alpha value is -0.780. The van der Waals surface area contributed by atoms with Crippen molar-refractivity contribution in [1.29, 1.82) is 0 Å². The first-order valence-corrected chi connectivity index (χ1v) is 2.87. The minimum Gasteiger partial charge on any atom is -0.480 e. The quantitative estimate of drug-likeness (QED) is 0.595. The lowest BCUT2D eigenvalue weighted by Crippen LogP contribution is -2.38. The first-order valence-electron chi connectivity index (χ1n) is 2.87. The summed E-state index contributed by atoms with van der Waals surface area (Å²) in [6, 6.07) is 0. The van der Waals surface area contributed by atoms with E-state index in [1.807, 2.05) is 0 Å². The highest BCUT2D eigenvalue weighted by Gasteiger charge is 2.69. The van der Waals surface area contributed by atoms with Crippen molar-refractivity contribution in [2.45, 2.75) is 18.1 Å². The molecule has 3 N–H and O–H groups in total. The SMILES string of the molecule is N[C@]1(C(=O)O)C[C@H]1C(F)(F)F. The predicted molar refractivity (Wildman–Crippen MR) is 28.7 cm³/mol. The van der Waals surface area contributed by atoms with Crippen molar-refractivity contribution in [2.75, 3.05) is 0 Å². The first-order chi connectivity index (χ1) is 4.78. The maximum absolute atomic E-state index is 11.8. The molecule has 1 aliphatic rings. The van der Waals surface area contributed by atoms with Crippen molar-refractivity contribution in [3.8, 4) is 0 Å². The van der Waals surface area contributed by atoms with Crippen molar-refractivity contribution in [3.05, 3.63) is 0 Å². The van der Waals surface area contributed by atoms with Crippen molar-refractivity contribution in [3.63, 3.8) is 0 Å². The molecule has 1 saturated carbocycles. The summed E-state index contributed by atoms with van der Waals surface area (Å²) in [5.74, 6) is -3.45. The zero-order chi connectivity index (χ0) is 8.86. The molecule has 0 bridgehead atoms. The second-order valence-electron chi connectivity index (χ2n) is 2.64. The van der Waals surface area contributed by atoms with Crippen molar-refractivity contribution < 1.29 is 23.1 Å². The topological polar surface area (TPSA) is 63.3 Å². The fraction of sp³-hybridized carbons (Fsp3) is 0.800. The van der Waals surface area contributed by atoms with Crippen LogP contribution in [0.15, 0.2) is 0 Å². The Morgan fingerprint density at radius 3 is 2.18 bits per heavy atom. The van der Waals surface area contributed by atoms with Crippen LogP contribution in [-0.2, 0) is 4.79 Å². The van der Waals surface area contributed by atoms with Crippen LogP contribution < -0.4 is 5.73 Å². The highest BCUT2D eigenvalue weighted by molar-refractivity contribution is 5.83. The number of aliphatic carboxylic acids is 1. The van der Waals surface area contributed by atoms with Gasteiger partial charge in [-0.3, -0.25) is 4.79 Å². The van der Waals surface area contributed by atoms with E-state index in [-0.39, 0.29) is 0 Å². The van der Waals surface area contributed by atoms with E-state index < -0.39 is 30.0 Å². The van der Waals surface area contributed by atoms with Crippen LogP contribution in [0.25, 0.3) is 0 Å². The summed E-state index contributed by atoms with van der Waals surface area (Å²) >= 11 is 0. The van der Waals surface area contributed by atoms with E-state index in [1.54, 1.807) is 0 Å². The van der Waals surface area contributed by atoms with Crippen LogP contribution in [0, 0.1) is 5.92 Å². The van der Waals surface area contributed by atoms with Gasteiger partial charge in [-0.15, -0.1) is 0 Å². The third-order valence-corrected chi connectivity index (χ3v) is 1.80. The molecule has 0 spiro atoms. The molecule has 1 fully saturated rings. The molecule has 6 heteroatoms. The number of nitrogens with two attached hydrogens (primary N) is 1. The van der Waals surface area contributed by atoms with Crippen LogP contribution in [0.2, 0.25) is 0 Å². The molecule has 1 rings (SSSR count). The number of carboxylic acids is 1. The summed E-state index contributed by atoms with van der Waals surface area (Å²) in [6.45, 7) is 0. The Morgan fingerprint density at radius 2 is 2.09 bits per heavy atom. The highest BCUT2D eigenvalue weighted by atomic mass is 19.4. The number of carboxylic acid groups (broad SMARTS) is 1. The lowest BCUT2D eigenvalue weighted by atomic mass is 10.2. The maximum atomic E-state index is 11.8. The average Bonchev–Trinajstić information content (AvgIpc) is 2.41. The monoisotopic (exact) mass is 169 g/mol. The Labute approximate surface area is 60.0 Å². The minimum atomic E-state index is -4.48. The Kier molecular flexibility index (Phi) is 1.42. The molecule has 0 amide bonds. The molecule has 0 aliphatic heterocycles. The van der Waals surface area contributed by atoms with E-state index in [4.69, 9.17) is 10.8 Å². The predicted octanol–water partition coefficient (Wildman–Crippen LogP) is 0.351. The lowest BCUT2D eigenvalue weighted by molar-refractivity contribution is -0.161. The van der Waals surface area contributed by atoms with Gasteiger partial charge in [-0.1, -0.05) is 0 Å². The van der Waals surface area contributed by atoms with Gasteiger partial charge in [0.1, 0.15) is 5.54 Å². The van der Waals surface area contributed by atoms with Gasteiger partial charge < -0.3 is 10.8 Å². The molecule has 0 aromatic heterocycles. The molecule has 0 aromatic rings. The van der Waals surface area contributed by atoms with Gasteiger partial charge >= 0.3 is 12.1 Å². The molecule has 0 heterocycles. The molecule has 3 nitrogen and oxygen atoms in total. The smallest absolute Gasteiger partial charge is 0.394 e. The fourth-order valence-corrected chi connectivity index (χ4v) is 0.923. The summed E-state index contributed by atoms with van der Waals surface area (Å²) in [6.07, 6.45) is -4.99. The summed E-state index contributed by atoms with van der Waals surface area (Å²) in [7, 11) is 0. The lowest BCUT2D eigenvalue weighted by Gasteiger charge is -2.07. The van der Waals surface area contributed by atoms with Crippen LogP contribution in [-0.4, -0.2) is 22.8 Å². The van der Waals surface area contributed by atoms with Gasteiger partial charge in [0, 0.05) is 0 Å². The second kappa shape index (κ2) is 1.88. The molecular formula is C5H6F3NO2. The van der Waals surface area contributed by atoms with E-state index >= 15 is 0 Å². The van der Waals surface area contributed by atoms with Gasteiger partial charge in [0.15, 0.2) is 0 Å². The molecule has 0 radical (unpaired) electrons. The van der Waals surface area contributed by atoms with Crippen molar-refractivity contribution in [1.82, 2.24) is 0 Å². The van der Waals surface area contributed by atoms with Gasteiger partial charge in [-0.2, -0.15) is 13.2 Å². The standard InChI is InChI=1S/C5H6F3NO2/c6-5(7,8)2-1-4(2,9)3(10)11/h2H,1,9H2,(H,10,11)/t2-,4-/m1/s1. The first kappa shape index (κ1) is 8.32. The van der Waals surface area contributed by atoms with Crippen LogP contribution in [0.4, 0.5) is 13.2 Å². The fourth-order valence-electron chi connectivity index (χ4n) is 0.923. The number of alkyl halides is 3. The molecular weight excluding hydrogens is 163 g/mol. The number of rotatable bonds is 1. The van der Waals surface area contributed by atoms with Gasteiger partial charge in [0.05, 0.1) is 5.92 Å². The summed E-state index contributed by atoms with van der Waals surface area (Å²) in [5.41, 5.74) is 2.84. The summed E-state index contributed by atoms with van der Waals surface area (Å²) in [4.78, 5) is 10.1. The van der Waals surface area contributed by atoms with Crippen LogP contribution >= 0.6 is 0 Å². The Bertz CT molecular complexity index is 202. The van der Waals surface area contributed by atoms with Crippen molar-refractivity contribution >= 4 is 5.97 Å².